The Kier molecular flexibility index (Phi) is 4.11. The SMILES string of the molecule is [N-]=[N+]=NCC1=C(C(=O)O)N2C(=O)C[C@@]2(Cc2ccc([N+](=O)[O-])cc2)S1. The fourth-order valence-electron chi connectivity index (χ4n) is 2.99. The van der Waals surface area contributed by atoms with Gasteiger partial charge in [-0.3, -0.25) is 19.8 Å². The molecule has 1 aromatic rings. The number of benzene rings is 1. The van der Waals surface area contributed by atoms with Gasteiger partial charge in [0.15, 0.2) is 0 Å². The monoisotopic (exact) mass is 361 g/mol. The highest BCUT2D eigenvalue weighted by Crippen LogP contribution is 2.56. The third-order valence-corrected chi connectivity index (χ3v) is 5.41. The number of carbonyl (C=O) groups excluding carboxylic acids is 1. The maximum absolute atomic E-state index is 12.0. The minimum atomic E-state index is -1.26. The number of nitro benzene ring substituents is 1. The van der Waals surface area contributed by atoms with Crippen LogP contribution in [0.3, 0.4) is 0 Å². The number of non-ortho nitro benzene ring substituents is 1. The molecule has 0 saturated carbocycles. The molecule has 1 aromatic carbocycles. The molecule has 2 heterocycles. The fourth-order valence-corrected chi connectivity index (χ4v) is 4.57. The van der Waals surface area contributed by atoms with E-state index >= 15 is 0 Å². The van der Waals surface area contributed by atoms with E-state index in [1.54, 1.807) is 12.1 Å². The smallest absolute Gasteiger partial charge is 0.353 e. The van der Waals surface area contributed by atoms with E-state index in [-0.39, 0.29) is 30.3 Å². The first-order valence-electron chi connectivity index (χ1n) is 7.11. The van der Waals surface area contributed by atoms with Crippen LogP contribution in [0.15, 0.2) is 40.0 Å². The quantitative estimate of drug-likeness (QED) is 0.205. The Balaban J connectivity index is 1.89. The van der Waals surface area contributed by atoms with Crippen molar-refractivity contribution in [1.82, 2.24) is 4.90 Å². The van der Waals surface area contributed by atoms with E-state index < -0.39 is 15.8 Å². The molecular formula is C14H11N5O5S. The number of fused-ring (bicyclic) bond motifs is 1. The first-order valence-corrected chi connectivity index (χ1v) is 7.92. The van der Waals surface area contributed by atoms with Crippen molar-refractivity contribution in [3.63, 3.8) is 0 Å². The number of carboxylic acid groups (broad SMARTS) is 1. The van der Waals surface area contributed by atoms with Gasteiger partial charge in [-0.1, -0.05) is 29.0 Å². The molecule has 10 nitrogen and oxygen atoms in total. The molecule has 1 atom stereocenters. The van der Waals surface area contributed by atoms with Crippen LogP contribution in [0.5, 0.6) is 0 Å². The zero-order valence-corrected chi connectivity index (χ0v) is 13.5. The zero-order chi connectivity index (χ0) is 18.2. The van der Waals surface area contributed by atoms with Crippen molar-refractivity contribution in [2.24, 2.45) is 5.11 Å². The number of β-lactam (4-membered cyclic amide) rings is 1. The van der Waals surface area contributed by atoms with Crippen LogP contribution >= 0.6 is 11.8 Å². The van der Waals surface area contributed by atoms with Crippen molar-refractivity contribution in [2.75, 3.05) is 6.54 Å². The maximum atomic E-state index is 12.0. The molecule has 2 aliphatic heterocycles. The van der Waals surface area contributed by atoms with Crippen LogP contribution in [0.2, 0.25) is 0 Å². The summed E-state index contributed by atoms with van der Waals surface area (Å²) >= 11 is 1.20. The highest BCUT2D eigenvalue weighted by atomic mass is 32.2. The summed E-state index contributed by atoms with van der Waals surface area (Å²) in [6, 6.07) is 5.90. The Hall–Kier alpha value is -3.04. The fraction of sp³-hybridized carbons (Fsp3) is 0.286. The average molecular weight is 361 g/mol. The second kappa shape index (κ2) is 6.11. The van der Waals surface area contributed by atoms with Crippen LogP contribution in [-0.4, -0.2) is 38.2 Å². The Bertz CT molecular complexity index is 861. The normalized spacial score (nSPS) is 21.4. The molecule has 1 N–H and O–H groups in total. The molecule has 3 rings (SSSR count). The molecule has 1 saturated heterocycles. The van der Waals surface area contributed by atoms with Gasteiger partial charge in [0, 0.05) is 28.4 Å². The molecule has 0 unspecified atom stereocenters. The lowest BCUT2D eigenvalue weighted by atomic mass is 9.92. The molecule has 0 aliphatic carbocycles. The van der Waals surface area contributed by atoms with E-state index in [9.17, 15) is 24.8 Å². The highest BCUT2D eigenvalue weighted by molar-refractivity contribution is 8.04. The molecule has 0 spiro atoms. The first kappa shape index (κ1) is 16.8. The van der Waals surface area contributed by atoms with E-state index in [4.69, 9.17) is 5.53 Å². The van der Waals surface area contributed by atoms with Crippen LogP contribution in [-0.2, 0) is 16.0 Å². The van der Waals surface area contributed by atoms with Crippen molar-refractivity contribution in [2.45, 2.75) is 17.7 Å². The number of nitrogens with zero attached hydrogens (tertiary/aromatic N) is 5. The Morgan fingerprint density at radius 3 is 2.68 bits per heavy atom. The molecule has 0 radical (unpaired) electrons. The molecule has 11 heteroatoms. The predicted molar refractivity (Wildman–Crippen MR) is 87.3 cm³/mol. The van der Waals surface area contributed by atoms with Crippen LogP contribution in [0.4, 0.5) is 5.69 Å². The van der Waals surface area contributed by atoms with E-state index in [0.717, 1.165) is 5.56 Å². The van der Waals surface area contributed by atoms with Crippen molar-refractivity contribution in [1.29, 1.82) is 0 Å². The van der Waals surface area contributed by atoms with Crippen LogP contribution in [0.25, 0.3) is 10.4 Å². The van der Waals surface area contributed by atoms with Gasteiger partial charge in [-0.25, -0.2) is 4.79 Å². The Morgan fingerprint density at radius 2 is 2.16 bits per heavy atom. The summed E-state index contributed by atoms with van der Waals surface area (Å²) in [6.45, 7) is -0.144. The first-order chi connectivity index (χ1) is 11.9. The average Bonchev–Trinajstić information content (AvgIpc) is 2.81. The van der Waals surface area contributed by atoms with Crippen LogP contribution in [0.1, 0.15) is 12.0 Å². The second-order valence-electron chi connectivity index (χ2n) is 5.52. The number of hydrogen-bond donors (Lipinski definition) is 1. The number of carboxylic acids is 1. The third-order valence-electron chi connectivity index (χ3n) is 3.99. The van der Waals surface area contributed by atoms with Crippen LogP contribution in [0, 0.1) is 10.1 Å². The third kappa shape index (κ3) is 2.79. The highest BCUT2D eigenvalue weighted by Gasteiger charge is 2.59. The molecule has 2 aliphatic rings. The number of amides is 1. The van der Waals surface area contributed by atoms with E-state index in [0.29, 0.717) is 11.3 Å². The molecule has 128 valence electrons. The van der Waals surface area contributed by atoms with Crippen molar-refractivity contribution in [3.8, 4) is 0 Å². The van der Waals surface area contributed by atoms with Crippen molar-refractivity contribution < 1.29 is 19.6 Å². The van der Waals surface area contributed by atoms with Crippen LogP contribution < -0.4 is 0 Å². The molecule has 1 amide bonds. The summed E-state index contributed by atoms with van der Waals surface area (Å²) < 4.78 is 0. The van der Waals surface area contributed by atoms with Gasteiger partial charge in [0.1, 0.15) is 10.6 Å². The summed E-state index contributed by atoms with van der Waals surface area (Å²) in [7, 11) is 0. The Labute approximate surface area is 144 Å². The number of rotatable bonds is 6. The van der Waals surface area contributed by atoms with E-state index in [1.807, 2.05) is 0 Å². The van der Waals surface area contributed by atoms with E-state index in [1.165, 1.54) is 28.8 Å². The summed E-state index contributed by atoms with van der Waals surface area (Å²) in [4.78, 5) is 37.2. The van der Waals surface area contributed by atoms with Gasteiger partial charge >= 0.3 is 5.97 Å². The van der Waals surface area contributed by atoms with Crippen molar-refractivity contribution in [3.05, 3.63) is 61.0 Å². The molecule has 0 bridgehead atoms. The molecule has 1 fully saturated rings. The van der Waals surface area contributed by atoms with Gasteiger partial charge in [-0.2, -0.15) is 0 Å². The Morgan fingerprint density at radius 1 is 1.48 bits per heavy atom. The molecular weight excluding hydrogens is 350 g/mol. The standard InChI is InChI=1S/C14H11N5O5S/c15-17-16-7-10-12(13(21)22)18-11(20)6-14(18,25-10)5-8-1-3-9(4-2-8)19(23)24/h1-4H,5-7H2,(H,21,22)/t14-/m1/s1. The number of thioether (sulfide) groups is 1. The number of hydrogen-bond acceptors (Lipinski definition) is 6. The molecule has 25 heavy (non-hydrogen) atoms. The van der Waals surface area contributed by atoms with Gasteiger partial charge in [0.25, 0.3) is 5.69 Å². The number of carbonyl (C=O) groups is 2. The summed E-state index contributed by atoms with van der Waals surface area (Å²) in [6.07, 6.45) is 0.475. The maximum Gasteiger partial charge on any atom is 0.353 e. The van der Waals surface area contributed by atoms with E-state index in [2.05, 4.69) is 10.0 Å². The van der Waals surface area contributed by atoms with Gasteiger partial charge in [-0.15, -0.1) is 0 Å². The number of aliphatic carboxylic acids is 1. The van der Waals surface area contributed by atoms with Gasteiger partial charge < -0.3 is 5.11 Å². The second-order valence-corrected chi connectivity index (χ2v) is 6.98. The van der Waals surface area contributed by atoms with Crippen molar-refractivity contribution >= 4 is 29.3 Å². The summed E-state index contributed by atoms with van der Waals surface area (Å²) in [5, 5.41) is 23.6. The predicted octanol–water partition coefficient (Wildman–Crippen LogP) is 2.42. The zero-order valence-electron chi connectivity index (χ0n) is 12.7. The minimum absolute atomic E-state index is 0.0461. The minimum Gasteiger partial charge on any atom is -0.477 e. The van der Waals surface area contributed by atoms with Gasteiger partial charge in [-0.05, 0) is 11.1 Å². The largest absolute Gasteiger partial charge is 0.477 e. The summed E-state index contributed by atoms with van der Waals surface area (Å²) in [5.74, 6) is -1.57. The number of nitro groups is 1. The van der Waals surface area contributed by atoms with Gasteiger partial charge in [0.2, 0.25) is 5.91 Å². The topological polar surface area (TPSA) is 150 Å². The molecule has 0 aromatic heterocycles. The lowest BCUT2D eigenvalue weighted by molar-refractivity contribution is -0.384. The number of azide groups is 1. The van der Waals surface area contributed by atoms with Gasteiger partial charge in [0.05, 0.1) is 17.9 Å². The lowest BCUT2D eigenvalue weighted by Gasteiger charge is -2.47. The summed E-state index contributed by atoms with van der Waals surface area (Å²) in [5.41, 5.74) is 9.00. The lowest BCUT2D eigenvalue weighted by Crippen LogP contribution is -2.60.